The standard InChI is InChI=1S/C34H44Br2N6O4.H2/c1-23-28(35)20-24(21-29(23)36)22-31(32(43)40-13-7-26(8-14-40)39-18-11-37-12-19-39)46-34(45)41-15-9-27(10-16-41)42-17-6-25-4-2-3-5-30(25)38-33(42)44;/h2-5,20-21,26-27,31,37H,6-19,22H2,1H3,(H,38,44);1H/t31-;/m1./s1. The number of carbonyl (C=O) groups is 3. The molecule has 1 atom stereocenters. The predicted molar refractivity (Wildman–Crippen MR) is 187 cm³/mol. The Morgan fingerprint density at radius 2 is 1.54 bits per heavy atom. The Morgan fingerprint density at radius 1 is 0.913 bits per heavy atom. The molecule has 10 nitrogen and oxygen atoms in total. The van der Waals surface area contributed by atoms with Crippen molar-refractivity contribution in [1.29, 1.82) is 0 Å². The van der Waals surface area contributed by atoms with Crippen LogP contribution in [-0.4, -0.2) is 115 Å². The fourth-order valence-electron chi connectivity index (χ4n) is 7.21. The molecule has 4 amide bonds. The number of hydrogen-bond donors (Lipinski definition) is 2. The van der Waals surface area contributed by atoms with Crippen LogP contribution in [0.1, 0.15) is 43.8 Å². The molecule has 12 heteroatoms. The molecule has 6 rings (SSSR count). The number of amides is 4. The lowest BCUT2D eigenvalue weighted by atomic mass is 10.00. The highest BCUT2D eigenvalue weighted by molar-refractivity contribution is 9.11. The van der Waals surface area contributed by atoms with E-state index in [2.05, 4.69) is 53.5 Å². The third kappa shape index (κ3) is 7.72. The van der Waals surface area contributed by atoms with E-state index in [0.717, 1.165) is 76.8 Å². The summed E-state index contributed by atoms with van der Waals surface area (Å²) >= 11 is 7.26. The van der Waals surface area contributed by atoms with Crippen LogP contribution in [0.2, 0.25) is 0 Å². The second-order valence-corrected chi connectivity index (χ2v) is 14.6. The highest BCUT2D eigenvalue weighted by atomic mass is 79.9. The summed E-state index contributed by atoms with van der Waals surface area (Å²) in [6, 6.07) is 12.4. The van der Waals surface area contributed by atoms with E-state index in [4.69, 9.17) is 4.74 Å². The second-order valence-electron chi connectivity index (χ2n) is 12.9. The van der Waals surface area contributed by atoms with Crippen molar-refractivity contribution < 1.29 is 20.5 Å². The second kappa shape index (κ2) is 15.0. The van der Waals surface area contributed by atoms with Crippen LogP contribution in [0.15, 0.2) is 45.3 Å². The molecule has 0 bridgehead atoms. The molecule has 0 aliphatic carbocycles. The molecule has 0 aromatic heterocycles. The molecule has 0 radical (unpaired) electrons. The number of benzene rings is 2. The number of piperazine rings is 1. The van der Waals surface area contributed by atoms with Gasteiger partial charge in [-0.15, -0.1) is 0 Å². The quantitative estimate of drug-likeness (QED) is 0.417. The highest BCUT2D eigenvalue weighted by Crippen LogP contribution is 2.29. The number of nitrogens with one attached hydrogen (secondary N) is 2. The van der Waals surface area contributed by atoms with Gasteiger partial charge in [0.2, 0.25) is 0 Å². The zero-order valence-corrected chi connectivity index (χ0v) is 29.7. The molecule has 46 heavy (non-hydrogen) atoms. The fourth-order valence-corrected chi connectivity index (χ4v) is 8.49. The molecular formula is C34H46Br2N6O4. The summed E-state index contributed by atoms with van der Waals surface area (Å²) in [5, 5.41) is 6.47. The molecule has 2 aromatic carbocycles. The third-order valence-electron chi connectivity index (χ3n) is 10.0. The zero-order chi connectivity index (χ0) is 32.2. The van der Waals surface area contributed by atoms with Gasteiger partial charge in [0.1, 0.15) is 0 Å². The number of fused-ring (bicyclic) bond motifs is 1. The van der Waals surface area contributed by atoms with Crippen LogP contribution in [0, 0.1) is 6.92 Å². The van der Waals surface area contributed by atoms with E-state index >= 15 is 0 Å². The van der Waals surface area contributed by atoms with Crippen molar-refractivity contribution in [1.82, 2.24) is 24.9 Å². The first-order chi connectivity index (χ1) is 22.3. The van der Waals surface area contributed by atoms with Crippen molar-refractivity contribution in [2.45, 2.75) is 63.6 Å². The molecule has 0 spiro atoms. The lowest BCUT2D eigenvalue weighted by molar-refractivity contribution is -0.142. The van der Waals surface area contributed by atoms with Crippen LogP contribution in [0.5, 0.6) is 0 Å². The smallest absolute Gasteiger partial charge is 0.410 e. The van der Waals surface area contributed by atoms with Crippen LogP contribution in [0.3, 0.4) is 0 Å². The largest absolute Gasteiger partial charge is 0.436 e. The minimum absolute atomic E-state index is 0. The Labute approximate surface area is 289 Å². The molecule has 4 aliphatic heterocycles. The summed E-state index contributed by atoms with van der Waals surface area (Å²) < 4.78 is 7.96. The molecule has 3 saturated heterocycles. The van der Waals surface area contributed by atoms with Crippen molar-refractivity contribution in [2.75, 3.05) is 64.2 Å². The maximum absolute atomic E-state index is 14.0. The van der Waals surface area contributed by atoms with E-state index in [9.17, 15) is 14.4 Å². The summed E-state index contributed by atoms with van der Waals surface area (Å²) in [5.41, 5.74) is 3.99. The Kier molecular flexibility index (Phi) is 10.9. The predicted octanol–water partition coefficient (Wildman–Crippen LogP) is 5.26. The van der Waals surface area contributed by atoms with Gasteiger partial charge in [0.15, 0.2) is 6.10 Å². The number of para-hydroxylation sites is 1. The van der Waals surface area contributed by atoms with Crippen molar-refractivity contribution >= 4 is 55.6 Å². The van der Waals surface area contributed by atoms with Gasteiger partial charge in [-0.2, -0.15) is 0 Å². The summed E-state index contributed by atoms with van der Waals surface area (Å²) in [6.07, 6.45) is 2.88. The average Bonchev–Trinajstić information content (AvgIpc) is 3.25. The van der Waals surface area contributed by atoms with E-state index in [1.807, 2.05) is 47.1 Å². The van der Waals surface area contributed by atoms with Gasteiger partial charge in [0, 0.05) is 93.5 Å². The number of carbonyl (C=O) groups excluding carboxylic acids is 3. The molecule has 4 aliphatic rings. The number of halogens is 2. The molecule has 250 valence electrons. The van der Waals surface area contributed by atoms with Crippen LogP contribution in [0.25, 0.3) is 0 Å². The normalized spacial score (nSPS) is 20.9. The summed E-state index contributed by atoms with van der Waals surface area (Å²) in [5.74, 6) is -0.129. The number of hydrogen-bond acceptors (Lipinski definition) is 6. The fraction of sp³-hybridized carbons (Fsp3) is 0.559. The van der Waals surface area contributed by atoms with Crippen LogP contribution < -0.4 is 10.6 Å². The van der Waals surface area contributed by atoms with E-state index in [0.29, 0.717) is 58.0 Å². The molecule has 4 heterocycles. The van der Waals surface area contributed by atoms with Gasteiger partial charge in [0.25, 0.3) is 5.91 Å². The maximum Gasteiger partial charge on any atom is 0.410 e. The summed E-state index contributed by atoms with van der Waals surface area (Å²) in [4.78, 5) is 48.7. The number of anilines is 1. The monoisotopic (exact) mass is 760 g/mol. The van der Waals surface area contributed by atoms with Crippen molar-refractivity contribution in [3.05, 3.63) is 62.0 Å². The summed E-state index contributed by atoms with van der Waals surface area (Å²) in [6.45, 7) is 9.03. The highest BCUT2D eigenvalue weighted by Gasteiger charge is 2.36. The van der Waals surface area contributed by atoms with Gasteiger partial charge < -0.3 is 30.1 Å². The number of ether oxygens (including phenoxy) is 1. The van der Waals surface area contributed by atoms with Gasteiger partial charge in [-0.1, -0.05) is 50.1 Å². The van der Waals surface area contributed by atoms with Crippen LogP contribution in [-0.2, 0) is 22.4 Å². The van der Waals surface area contributed by atoms with Gasteiger partial charge in [-0.25, -0.2) is 9.59 Å². The van der Waals surface area contributed by atoms with Crippen LogP contribution in [0.4, 0.5) is 15.3 Å². The van der Waals surface area contributed by atoms with Crippen molar-refractivity contribution in [3.63, 3.8) is 0 Å². The number of nitrogens with zero attached hydrogens (tertiary/aromatic N) is 4. The van der Waals surface area contributed by atoms with E-state index in [-0.39, 0.29) is 19.4 Å². The van der Waals surface area contributed by atoms with Gasteiger partial charge in [0.05, 0.1) is 0 Å². The molecular weight excluding hydrogens is 716 g/mol. The Hall–Kier alpha value is -2.67. The Morgan fingerprint density at radius 3 is 2.24 bits per heavy atom. The maximum atomic E-state index is 14.0. The summed E-state index contributed by atoms with van der Waals surface area (Å²) in [7, 11) is 0. The number of rotatable bonds is 6. The van der Waals surface area contributed by atoms with E-state index < -0.39 is 12.2 Å². The molecule has 0 saturated carbocycles. The number of urea groups is 1. The first kappa shape index (κ1) is 33.2. The van der Waals surface area contributed by atoms with Crippen molar-refractivity contribution in [3.8, 4) is 0 Å². The molecule has 2 aromatic rings. The first-order valence-electron chi connectivity index (χ1n) is 16.6. The first-order valence-corrected chi connectivity index (χ1v) is 18.1. The minimum Gasteiger partial charge on any atom is -0.436 e. The number of likely N-dealkylation sites (tertiary alicyclic amines) is 2. The lowest BCUT2D eigenvalue weighted by Crippen LogP contribution is -2.54. The van der Waals surface area contributed by atoms with Crippen LogP contribution >= 0.6 is 31.9 Å². The SMILES string of the molecule is Cc1c(Br)cc(C[C@@H](OC(=O)N2CCC(N3CCc4ccccc4NC3=O)CC2)C(=O)N2CCC(N3CCNCC3)CC2)cc1Br.[HH]. The van der Waals surface area contributed by atoms with E-state index in [1.165, 1.54) is 0 Å². The molecule has 2 N–H and O–H groups in total. The number of piperidine rings is 2. The Balaban J connectivity index is 0.00000433. The van der Waals surface area contributed by atoms with E-state index in [1.54, 1.807) is 4.90 Å². The van der Waals surface area contributed by atoms with Gasteiger partial charge in [-0.3, -0.25) is 9.69 Å². The molecule has 3 fully saturated rings. The molecule has 0 unspecified atom stereocenters. The third-order valence-corrected chi connectivity index (χ3v) is 11.7. The van der Waals surface area contributed by atoms with Gasteiger partial charge >= 0.3 is 12.1 Å². The lowest BCUT2D eigenvalue weighted by Gasteiger charge is -2.41. The topological polar surface area (TPSA) is 97.5 Å². The van der Waals surface area contributed by atoms with Crippen molar-refractivity contribution in [2.24, 2.45) is 0 Å². The Bertz CT molecular complexity index is 1400. The average molecular weight is 763 g/mol. The van der Waals surface area contributed by atoms with Gasteiger partial charge in [-0.05, 0) is 73.9 Å². The zero-order valence-electron chi connectivity index (χ0n) is 26.5. The minimum atomic E-state index is -0.919.